The highest BCUT2D eigenvalue weighted by Gasteiger charge is 2.04. The smallest absolute Gasteiger partial charge is 0.123 e. The molecule has 0 bridgehead atoms. The van der Waals surface area contributed by atoms with Gasteiger partial charge >= 0.3 is 0 Å². The minimum atomic E-state index is -0.173. The van der Waals surface area contributed by atoms with Crippen LogP contribution in [0.3, 0.4) is 0 Å². The van der Waals surface area contributed by atoms with E-state index < -0.39 is 0 Å². The number of benzene rings is 1. The van der Waals surface area contributed by atoms with E-state index in [-0.39, 0.29) is 18.2 Å². The van der Waals surface area contributed by atoms with Crippen molar-refractivity contribution in [2.45, 2.75) is 6.42 Å². The number of nitrogens with one attached hydrogen (secondary N) is 1. The van der Waals surface area contributed by atoms with Gasteiger partial charge in [0.2, 0.25) is 0 Å². The van der Waals surface area contributed by atoms with Gasteiger partial charge in [-0.05, 0) is 36.2 Å². The molecule has 0 unspecified atom stereocenters. The Hall–Kier alpha value is -0.860. The topological polar surface area (TPSA) is 12.0 Å². The largest absolute Gasteiger partial charge is 0.312 e. The van der Waals surface area contributed by atoms with Crippen molar-refractivity contribution in [1.29, 1.82) is 0 Å². The highest BCUT2D eigenvalue weighted by molar-refractivity contribution is 5.85. The van der Waals surface area contributed by atoms with Crippen LogP contribution in [0, 0.1) is 5.82 Å². The van der Waals surface area contributed by atoms with Crippen molar-refractivity contribution in [1.82, 2.24) is 5.32 Å². The van der Waals surface area contributed by atoms with Gasteiger partial charge < -0.3 is 5.32 Å². The lowest BCUT2D eigenvalue weighted by atomic mass is 10.0. The summed E-state index contributed by atoms with van der Waals surface area (Å²) in [5.74, 6) is -0.173. The van der Waals surface area contributed by atoms with Gasteiger partial charge in [-0.2, -0.15) is 0 Å². The lowest BCUT2D eigenvalue weighted by molar-refractivity contribution is 0.627. The van der Waals surface area contributed by atoms with Gasteiger partial charge in [0.1, 0.15) is 5.82 Å². The van der Waals surface area contributed by atoms with Gasteiger partial charge in [0, 0.05) is 6.54 Å². The van der Waals surface area contributed by atoms with E-state index in [9.17, 15) is 4.39 Å². The normalized spacial score (nSPS) is 15.6. The lowest BCUT2D eigenvalue weighted by Gasteiger charge is -2.14. The molecule has 1 aromatic rings. The number of rotatable bonds is 1. The van der Waals surface area contributed by atoms with Crippen LogP contribution in [0.25, 0.3) is 5.57 Å². The van der Waals surface area contributed by atoms with Crippen LogP contribution in [0.5, 0.6) is 0 Å². The monoisotopic (exact) mass is 213 g/mol. The zero-order chi connectivity index (χ0) is 9.10. The Morgan fingerprint density at radius 3 is 2.43 bits per heavy atom. The van der Waals surface area contributed by atoms with Crippen molar-refractivity contribution in [3.8, 4) is 0 Å². The Kier molecular flexibility index (Phi) is 4.11. The Morgan fingerprint density at radius 2 is 1.86 bits per heavy atom. The quantitative estimate of drug-likeness (QED) is 0.756. The molecule has 0 fully saturated rings. The van der Waals surface area contributed by atoms with Gasteiger partial charge in [-0.1, -0.05) is 18.2 Å². The van der Waals surface area contributed by atoms with Crippen molar-refractivity contribution in [2.24, 2.45) is 0 Å². The molecule has 0 saturated carbocycles. The summed E-state index contributed by atoms with van der Waals surface area (Å²) in [6.07, 6.45) is 3.27. The van der Waals surface area contributed by atoms with E-state index in [0.717, 1.165) is 25.1 Å². The molecular weight excluding hydrogens is 201 g/mol. The predicted molar refractivity (Wildman–Crippen MR) is 59.1 cm³/mol. The Bertz CT molecular complexity index is 319. The molecule has 0 amide bonds. The number of hydrogen-bond donors (Lipinski definition) is 1. The third-order valence-electron chi connectivity index (χ3n) is 2.24. The van der Waals surface area contributed by atoms with Gasteiger partial charge in [-0.25, -0.2) is 4.39 Å². The first-order valence-corrected chi connectivity index (χ1v) is 4.52. The zero-order valence-electron chi connectivity index (χ0n) is 7.79. The molecule has 0 saturated heterocycles. The minimum Gasteiger partial charge on any atom is -0.312 e. The predicted octanol–water partition coefficient (Wildman–Crippen LogP) is 2.62. The first kappa shape index (κ1) is 11.2. The average Bonchev–Trinajstić information content (AvgIpc) is 2.20. The second kappa shape index (κ2) is 5.13. The fraction of sp³-hybridized carbons (Fsp3) is 0.273. The third kappa shape index (κ3) is 2.56. The number of hydrogen-bond acceptors (Lipinski definition) is 1. The van der Waals surface area contributed by atoms with E-state index in [4.69, 9.17) is 0 Å². The zero-order valence-corrected chi connectivity index (χ0v) is 8.61. The summed E-state index contributed by atoms with van der Waals surface area (Å²) in [6.45, 7) is 1.94. The standard InChI is InChI=1S/C11H12FN.ClH/c12-11-5-3-9(4-6-11)10-2-1-7-13-8-10;/h2-6,13H,1,7-8H2;1H. The molecule has 0 aromatic heterocycles. The van der Waals surface area contributed by atoms with E-state index >= 15 is 0 Å². The molecule has 1 aromatic carbocycles. The minimum absolute atomic E-state index is 0. The molecule has 0 spiro atoms. The van der Waals surface area contributed by atoms with E-state index in [1.807, 2.05) is 12.1 Å². The summed E-state index contributed by atoms with van der Waals surface area (Å²) >= 11 is 0. The van der Waals surface area contributed by atoms with Gasteiger partial charge in [0.25, 0.3) is 0 Å². The van der Waals surface area contributed by atoms with Crippen LogP contribution in [0.15, 0.2) is 30.3 Å². The van der Waals surface area contributed by atoms with Crippen LogP contribution in [0.1, 0.15) is 12.0 Å². The molecule has 3 heteroatoms. The Labute approximate surface area is 89.4 Å². The SMILES string of the molecule is Cl.Fc1ccc(C2=CCCNC2)cc1. The van der Waals surface area contributed by atoms with E-state index in [2.05, 4.69) is 11.4 Å². The van der Waals surface area contributed by atoms with Crippen LogP contribution in [-0.4, -0.2) is 13.1 Å². The van der Waals surface area contributed by atoms with Gasteiger partial charge in [0.05, 0.1) is 0 Å². The third-order valence-corrected chi connectivity index (χ3v) is 2.24. The molecule has 76 valence electrons. The van der Waals surface area contributed by atoms with E-state index in [1.165, 1.54) is 17.7 Å². The summed E-state index contributed by atoms with van der Waals surface area (Å²) in [5.41, 5.74) is 2.39. The molecular formula is C11H13ClFN. The Morgan fingerprint density at radius 1 is 1.14 bits per heavy atom. The lowest BCUT2D eigenvalue weighted by Crippen LogP contribution is -2.21. The summed E-state index contributed by atoms with van der Waals surface area (Å²) in [4.78, 5) is 0. The van der Waals surface area contributed by atoms with Gasteiger partial charge in [-0.3, -0.25) is 0 Å². The van der Waals surface area contributed by atoms with Gasteiger partial charge in [-0.15, -0.1) is 12.4 Å². The average molecular weight is 214 g/mol. The van der Waals surface area contributed by atoms with Crippen molar-refractivity contribution in [3.63, 3.8) is 0 Å². The highest BCUT2D eigenvalue weighted by Crippen LogP contribution is 2.16. The maximum Gasteiger partial charge on any atom is 0.123 e. The molecule has 1 N–H and O–H groups in total. The molecule has 1 nitrogen and oxygen atoms in total. The molecule has 14 heavy (non-hydrogen) atoms. The van der Waals surface area contributed by atoms with Crippen molar-refractivity contribution >= 4 is 18.0 Å². The first-order chi connectivity index (χ1) is 6.36. The maximum absolute atomic E-state index is 12.6. The Balaban J connectivity index is 0.000000980. The van der Waals surface area contributed by atoms with Crippen LogP contribution < -0.4 is 5.32 Å². The summed E-state index contributed by atoms with van der Waals surface area (Å²) in [5, 5.41) is 3.29. The fourth-order valence-corrected chi connectivity index (χ4v) is 1.53. The molecule has 1 aliphatic heterocycles. The fourth-order valence-electron chi connectivity index (χ4n) is 1.53. The number of halogens is 2. The summed E-state index contributed by atoms with van der Waals surface area (Å²) < 4.78 is 12.6. The summed E-state index contributed by atoms with van der Waals surface area (Å²) in [7, 11) is 0. The molecule has 1 heterocycles. The van der Waals surface area contributed by atoms with E-state index in [1.54, 1.807) is 0 Å². The molecule has 2 rings (SSSR count). The van der Waals surface area contributed by atoms with Crippen LogP contribution in [0.2, 0.25) is 0 Å². The molecule has 0 aliphatic carbocycles. The molecule has 0 radical (unpaired) electrons. The molecule has 0 atom stereocenters. The highest BCUT2D eigenvalue weighted by atomic mass is 35.5. The second-order valence-corrected chi connectivity index (χ2v) is 3.20. The first-order valence-electron chi connectivity index (χ1n) is 4.52. The van der Waals surface area contributed by atoms with Crippen molar-refractivity contribution < 1.29 is 4.39 Å². The van der Waals surface area contributed by atoms with Gasteiger partial charge in [0.15, 0.2) is 0 Å². The van der Waals surface area contributed by atoms with Crippen LogP contribution in [0.4, 0.5) is 4.39 Å². The summed E-state index contributed by atoms with van der Waals surface area (Å²) in [6, 6.07) is 6.66. The van der Waals surface area contributed by atoms with Crippen molar-refractivity contribution in [3.05, 3.63) is 41.7 Å². The van der Waals surface area contributed by atoms with Crippen LogP contribution in [-0.2, 0) is 0 Å². The van der Waals surface area contributed by atoms with Crippen molar-refractivity contribution in [2.75, 3.05) is 13.1 Å². The van der Waals surface area contributed by atoms with Crippen LogP contribution >= 0.6 is 12.4 Å². The molecule has 1 aliphatic rings. The van der Waals surface area contributed by atoms with E-state index in [0.29, 0.717) is 0 Å². The maximum atomic E-state index is 12.6. The second-order valence-electron chi connectivity index (χ2n) is 3.20.